The molecule has 0 aliphatic carbocycles. The molecule has 0 aliphatic rings. The highest BCUT2D eigenvalue weighted by Crippen LogP contribution is 2.17. The number of methoxy groups -OCH3 is 1. The SMILES string of the molecule is COc1ccc(C(=O)Nc2ccc(OC=O)cc2)cc1. The lowest BCUT2D eigenvalue weighted by molar-refractivity contribution is -0.120. The molecule has 0 spiro atoms. The first-order chi connectivity index (χ1) is 9.72. The van der Waals surface area contributed by atoms with Gasteiger partial charge in [0.1, 0.15) is 11.5 Å². The van der Waals surface area contributed by atoms with Gasteiger partial charge < -0.3 is 14.8 Å². The van der Waals surface area contributed by atoms with Crippen LogP contribution in [0.15, 0.2) is 48.5 Å². The molecule has 0 saturated heterocycles. The molecule has 20 heavy (non-hydrogen) atoms. The molecular weight excluding hydrogens is 258 g/mol. The van der Waals surface area contributed by atoms with Crippen molar-refractivity contribution in [3.63, 3.8) is 0 Å². The molecule has 0 unspecified atom stereocenters. The minimum absolute atomic E-state index is 0.225. The Balaban J connectivity index is 2.04. The maximum absolute atomic E-state index is 12.0. The smallest absolute Gasteiger partial charge is 0.298 e. The van der Waals surface area contributed by atoms with Crippen LogP contribution in [0.4, 0.5) is 5.69 Å². The zero-order valence-electron chi connectivity index (χ0n) is 10.8. The first-order valence-corrected chi connectivity index (χ1v) is 5.88. The Morgan fingerprint density at radius 2 is 1.60 bits per heavy atom. The second kappa shape index (κ2) is 6.38. The number of amides is 1. The largest absolute Gasteiger partial charge is 0.497 e. The molecule has 0 aliphatic heterocycles. The minimum atomic E-state index is -0.225. The molecule has 2 aromatic rings. The maximum atomic E-state index is 12.0. The first-order valence-electron chi connectivity index (χ1n) is 5.88. The van der Waals surface area contributed by atoms with Crippen LogP contribution < -0.4 is 14.8 Å². The molecule has 0 atom stereocenters. The van der Waals surface area contributed by atoms with Crippen molar-refractivity contribution in [2.24, 2.45) is 0 Å². The number of nitrogens with one attached hydrogen (secondary N) is 1. The van der Waals surface area contributed by atoms with Crippen LogP contribution in [0.2, 0.25) is 0 Å². The summed E-state index contributed by atoms with van der Waals surface area (Å²) in [5, 5.41) is 2.74. The van der Waals surface area contributed by atoms with Gasteiger partial charge in [-0.25, -0.2) is 0 Å². The fraction of sp³-hybridized carbons (Fsp3) is 0.0667. The lowest BCUT2D eigenvalue weighted by Crippen LogP contribution is -2.11. The van der Waals surface area contributed by atoms with Gasteiger partial charge in [-0.3, -0.25) is 9.59 Å². The average molecular weight is 271 g/mol. The molecule has 2 rings (SSSR count). The highest BCUT2D eigenvalue weighted by Gasteiger charge is 2.06. The van der Waals surface area contributed by atoms with Crippen molar-refractivity contribution in [2.45, 2.75) is 0 Å². The summed E-state index contributed by atoms with van der Waals surface area (Å²) in [6.07, 6.45) is 0. The van der Waals surface area contributed by atoms with E-state index in [0.29, 0.717) is 29.2 Å². The molecule has 2 aromatic carbocycles. The predicted molar refractivity (Wildman–Crippen MR) is 74.1 cm³/mol. The molecular formula is C15H13NO4. The van der Waals surface area contributed by atoms with Crippen LogP contribution in [-0.4, -0.2) is 19.5 Å². The van der Waals surface area contributed by atoms with Crippen LogP contribution in [0.3, 0.4) is 0 Å². The lowest BCUT2D eigenvalue weighted by Gasteiger charge is -2.06. The fourth-order valence-corrected chi connectivity index (χ4v) is 1.62. The van der Waals surface area contributed by atoms with E-state index in [-0.39, 0.29) is 5.91 Å². The molecule has 0 saturated carbocycles. The van der Waals surface area contributed by atoms with E-state index >= 15 is 0 Å². The van der Waals surface area contributed by atoms with Gasteiger partial charge in [0.25, 0.3) is 12.4 Å². The maximum Gasteiger partial charge on any atom is 0.298 e. The highest BCUT2D eigenvalue weighted by atomic mass is 16.5. The topological polar surface area (TPSA) is 64.6 Å². The van der Waals surface area contributed by atoms with E-state index in [1.807, 2.05) is 0 Å². The Morgan fingerprint density at radius 3 is 2.15 bits per heavy atom. The number of carbonyl (C=O) groups is 2. The van der Waals surface area contributed by atoms with E-state index in [1.54, 1.807) is 55.6 Å². The molecule has 0 aromatic heterocycles. The zero-order chi connectivity index (χ0) is 14.4. The van der Waals surface area contributed by atoms with Gasteiger partial charge in [-0.05, 0) is 48.5 Å². The summed E-state index contributed by atoms with van der Waals surface area (Å²) in [7, 11) is 1.57. The second-order valence-corrected chi connectivity index (χ2v) is 3.92. The molecule has 1 amide bonds. The van der Waals surface area contributed by atoms with E-state index in [2.05, 4.69) is 10.1 Å². The summed E-state index contributed by atoms with van der Waals surface area (Å²) in [5.41, 5.74) is 1.14. The standard InChI is InChI=1S/C15H13NO4/c1-19-13-6-2-11(3-7-13)15(18)16-12-4-8-14(9-5-12)20-10-17/h2-10H,1H3,(H,16,18). The van der Waals surface area contributed by atoms with Crippen molar-refractivity contribution >= 4 is 18.1 Å². The Morgan fingerprint density at radius 1 is 1.00 bits per heavy atom. The van der Waals surface area contributed by atoms with Crippen molar-refractivity contribution in [1.29, 1.82) is 0 Å². The summed E-state index contributed by atoms with van der Waals surface area (Å²) < 4.78 is 9.70. The number of hydrogen-bond donors (Lipinski definition) is 1. The van der Waals surface area contributed by atoms with Crippen LogP contribution in [0.1, 0.15) is 10.4 Å². The highest BCUT2D eigenvalue weighted by molar-refractivity contribution is 6.04. The van der Waals surface area contributed by atoms with Crippen LogP contribution in [0.5, 0.6) is 11.5 Å². The molecule has 0 fully saturated rings. The second-order valence-electron chi connectivity index (χ2n) is 3.92. The summed E-state index contributed by atoms with van der Waals surface area (Å²) in [5.74, 6) is 0.885. The molecule has 0 heterocycles. The summed E-state index contributed by atoms with van der Waals surface area (Å²) in [6, 6.07) is 13.3. The van der Waals surface area contributed by atoms with E-state index in [1.165, 1.54) is 0 Å². The van der Waals surface area contributed by atoms with E-state index in [4.69, 9.17) is 4.74 Å². The van der Waals surface area contributed by atoms with Crippen LogP contribution >= 0.6 is 0 Å². The number of anilines is 1. The zero-order valence-corrected chi connectivity index (χ0v) is 10.8. The van der Waals surface area contributed by atoms with Gasteiger partial charge in [-0.1, -0.05) is 0 Å². The molecule has 5 heteroatoms. The van der Waals surface area contributed by atoms with Crippen molar-refractivity contribution < 1.29 is 19.1 Å². The summed E-state index contributed by atoms with van der Waals surface area (Å²) in [4.78, 5) is 22.2. The van der Waals surface area contributed by atoms with Gasteiger partial charge in [-0.15, -0.1) is 0 Å². The van der Waals surface area contributed by atoms with Gasteiger partial charge in [0.05, 0.1) is 7.11 Å². The first kappa shape index (κ1) is 13.6. The number of hydrogen-bond acceptors (Lipinski definition) is 4. The molecule has 0 radical (unpaired) electrons. The van der Waals surface area contributed by atoms with Crippen molar-refractivity contribution in [2.75, 3.05) is 12.4 Å². The number of ether oxygens (including phenoxy) is 2. The molecule has 0 bridgehead atoms. The van der Waals surface area contributed by atoms with E-state index in [0.717, 1.165) is 0 Å². The Bertz CT molecular complexity index is 590. The van der Waals surface area contributed by atoms with E-state index < -0.39 is 0 Å². The number of carbonyl (C=O) groups excluding carboxylic acids is 2. The lowest BCUT2D eigenvalue weighted by atomic mass is 10.2. The predicted octanol–water partition coefficient (Wildman–Crippen LogP) is 2.48. The fourth-order valence-electron chi connectivity index (χ4n) is 1.62. The summed E-state index contributed by atoms with van der Waals surface area (Å²) in [6.45, 7) is 0.352. The van der Waals surface area contributed by atoms with Crippen LogP contribution in [-0.2, 0) is 4.79 Å². The Hall–Kier alpha value is -2.82. The molecule has 102 valence electrons. The van der Waals surface area contributed by atoms with Crippen molar-refractivity contribution in [1.82, 2.24) is 0 Å². The minimum Gasteiger partial charge on any atom is -0.497 e. The molecule has 5 nitrogen and oxygen atoms in total. The normalized spacial score (nSPS) is 9.65. The third-order valence-electron chi connectivity index (χ3n) is 2.65. The third-order valence-corrected chi connectivity index (χ3v) is 2.65. The number of benzene rings is 2. The van der Waals surface area contributed by atoms with Crippen molar-refractivity contribution in [3.05, 3.63) is 54.1 Å². The average Bonchev–Trinajstić information content (AvgIpc) is 2.49. The van der Waals surface area contributed by atoms with Gasteiger partial charge in [0, 0.05) is 11.3 Å². The van der Waals surface area contributed by atoms with Gasteiger partial charge in [0.2, 0.25) is 0 Å². The van der Waals surface area contributed by atoms with Gasteiger partial charge in [-0.2, -0.15) is 0 Å². The van der Waals surface area contributed by atoms with Crippen LogP contribution in [0, 0.1) is 0 Å². The monoisotopic (exact) mass is 271 g/mol. The van der Waals surface area contributed by atoms with Crippen molar-refractivity contribution in [3.8, 4) is 11.5 Å². The molecule has 1 N–H and O–H groups in total. The quantitative estimate of drug-likeness (QED) is 0.848. The van der Waals surface area contributed by atoms with Crippen LogP contribution in [0.25, 0.3) is 0 Å². The van der Waals surface area contributed by atoms with Gasteiger partial charge in [0.15, 0.2) is 0 Å². The van der Waals surface area contributed by atoms with E-state index in [9.17, 15) is 9.59 Å². The number of rotatable bonds is 5. The Kier molecular flexibility index (Phi) is 4.34. The third kappa shape index (κ3) is 3.35. The Labute approximate surface area is 116 Å². The van der Waals surface area contributed by atoms with Gasteiger partial charge >= 0.3 is 0 Å². The summed E-state index contributed by atoms with van der Waals surface area (Å²) >= 11 is 0.